The van der Waals surface area contributed by atoms with E-state index in [1.165, 1.54) is 18.4 Å². The maximum atomic E-state index is 11.9. The molecule has 2 aromatic rings. The number of halogens is 2. The SMILES string of the molecule is Cc1cc(C)c2oc(=O)cc(CN3CCCC(CCN)C3)c2c1.Cl.Cl. The van der Waals surface area contributed by atoms with Gasteiger partial charge in [0.2, 0.25) is 0 Å². The molecular formula is C19H28Cl2N2O2. The Morgan fingerprint density at radius 3 is 2.72 bits per heavy atom. The molecule has 0 amide bonds. The lowest BCUT2D eigenvalue weighted by atomic mass is 9.94. The smallest absolute Gasteiger partial charge is 0.336 e. The molecule has 2 heterocycles. The molecule has 1 aromatic heterocycles. The van der Waals surface area contributed by atoms with Gasteiger partial charge in [-0.3, -0.25) is 4.90 Å². The summed E-state index contributed by atoms with van der Waals surface area (Å²) in [5, 5.41) is 1.07. The molecule has 0 saturated carbocycles. The van der Waals surface area contributed by atoms with Crippen molar-refractivity contribution in [3.63, 3.8) is 0 Å². The normalized spacial score (nSPS) is 17.8. The van der Waals surface area contributed by atoms with Crippen molar-refractivity contribution in [2.75, 3.05) is 19.6 Å². The number of likely N-dealkylation sites (tertiary alicyclic amines) is 1. The standard InChI is InChI=1S/C19H26N2O2.2ClH/c1-13-8-14(2)19-17(9-13)16(10-18(22)23-19)12-21-7-3-4-15(11-21)5-6-20;;/h8-10,15H,3-7,11-12,20H2,1-2H3;2*1H. The number of hydrogen-bond donors (Lipinski definition) is 1. The Morgan fingerprint density at radius 1 is 1.24 bits per heavy atom. The van der Waals surface area contributed by atoms with Crippen LogP contribution in [0.2, 0.25) is 0 Å². The number of hydrogen-bond acceptors (Lipinski definition) is 4. The van der Waals surface area contributed by atoms with E-state index in [4.69, 9.17) is 10.2 Å². The van der Waals surface area contributed by atoms with Crippen LogP contribution in [0.4, 0.5) is 0 Å². The molecule has 1 saturated heterocycles. The van der Waals surface area contributed by atoms with Crippen molar-refractivity contribution in [1.82, 2.24) is 4.90 Å². The third kappa shape index (κ3) is 5.20. The fourth-order valence-corrected chi connectivity index (χ4v) is 3.82. The van der Waals surface area contributed by atoms with Gasteiger partial charge in [0, 0.05) is 24.5 Å². The highest BCUT2D eigenvalue weighted by atomic mass is 35.5. The Bertz CT molecular complexity index is 759. The average Bonchev–Trinajstić information content (AvgIpc) is 2.49. The number of rotatable bonds is 4. The first-order valence-electron chi connectivity index (χ1n) is 8.53. The Labute approximate surface area is 161 Å². The topological polar surface area (TPSA) is 59.5 Å². The lowest BCUT2D eigenvalue weighted by molar-refractivity contribution is 0.163. The summed E-state index contributed by atoms with van der Waals surface area (Å²) in [7, 11) is 0. The maximum absolute atomic E-state index is 11.9. The minimum absolute atomic E-state index is 0. The summed E-state index contributed by atoms with van der Waals surface area (Å²) >= 11 is 0. The number of aryl methyl sites for hydroxylation is 2. The van der Waals surface area contributed by atoms with Crippen LogP contribution in [0, 0.1) is 19.8 Å². The van der Waals surface area contributed by atoms with Crippen LogP contribution in [-0.2, 0) is 6.54 Å². The summed E-state index contributed by atoms with van der Waals surface area (Å²) in [4.78, 5) is 14.4. The average molecular weight is 387 g/mol. The van der Waals surface area contributed by atoms with E-state index in [0.717, 1.165) is 54.7 Å². The molecule has 6 heteroatoms. The van der Waals surface area contributed by atoms with E-state index in [1.807, 2.05) is 6.92 Å². The van der Waals surface area contributed by atoms with Crippen molar-refractivity contribution >= 4 is 35.8 Å². The first-order valence-corrected chi connectivity index (χ1v) is 8.53. The fraction of sp³-hybridized carbons (Fsp3) is 0.526. The molecule has 0 spiro atoms. The molecule has 4 nitrogen and oxygen atoms in total. The lowest BCUT2D eigenvalue weighted by Gasteiger charge is -2.32. The van der Waals surface area contributed by atoms with Crippen molar-refractivity contribution < 1.29 is 4.42 Å². The summed E-state index contributed by atoms with van der Waals surface area (Å²) < 4.78 is 5.45. The highest BCUT2D eigenvalue weighted by molar-refractivity contribution is 5.85. The number of nitrogens with two attached hydrogens (primary N) is 1. The van der Waals surface area contributed by atoms with Crippen LogP contribution in [0.1, 0.15) is 36.0 Å². The summed E-state index contributed by atoms with van der Waals surface area (Å²) in [5.74, 6) is 0.684. The van der Waals surface area contributed by atoms with Gasteiger partial charge < -0.3 is 10.2 Å². The van der Waals surface area contributed by atoms with Gasteiger partial charge in [0.15, 0.2) is 0 Å². The maximum Gasteiger partial charge on any atom is 0.336 e. The van der Waals surface area contributed by atoms with Gasteiger partial charge in [-0.25, -0.2) is 4.79 Å². The van der Waals surface area contributed by atoms with Gasteiger partial charge in [-0.15, -0.1) is 24.8 Å². The second-order valence-corrected chi connectivity index (χ2v) is 6.87. The van der Waals surface area contributed by atoms with Gasteiger partial charge in [-0.05, 0) is 74.9 Å². The zero-order chi connectivity index (χ0) is 16.4. The van der Waals surface area contributed by atoms with E-state index >= 15 is 0 Å². The zero-order valence-corrected chi connectivity index (χ0v) is 16.5. The van der Waals surface area contributed by atoms with Gasteiger partial charge in [-0.1, -0.05) is 6.07 Å². The molecule has 1 aliphatic rings. The third-order valence-electron chi connectivity index (χ3n) is 4.83. The lowest BCUT2D eigenvalue weighted by Crippen LogP contribution is -2.35. The molecule has 1 aliphatic heterocycles. The van der Waals surface area contributed by atoms with E-state index in [-0.39, 0.29) is 30.4 Å². The number of piperidine rings is 1. The second kappa shape index (κ2) is 9.58. The highest BCUT2D eigenvalue weighted by Gasteiger charge is 2.20. The molecule has 140 valence electrons. The van der Waals surface area contributed by atoms with Crippen molar-refractivity contribution in [2.24, 2.45) is 11.7 Å². The largest absolute Gasteiger partial charge is 0.422 e. The first-order chi connectivity index (χ1) is 11.1. The molecule has 1 atom stereocenters. The fourth-order valence-electron chi connectivity index (χ4n) is 3.82. The van der Waals surface area contributed by atoms with Gasteiger partial charge in [0.25, 0.3) is 0 Å². The Kier molecular flexibility index (Phi) is 8.42. The quantitative estimate of drug-likeness (QED) is 0.811. The van der Waals surface area contributed by atoms with E-state index in [9.17, 15) is 4.79 Å². The van der Waals surface area contributed by atoms with E-state index < -0.39 is 0 Å². The molecule has 3 rings (SSSR count). The molecule has 0 radical (unpaired) electrons. The molecule has 0 aliphatic carbocycles. The van der Waals surface area contributed by atoms with Crippen LogP contribution in [0.3, 0.4) is 0 Å². The summed E-state index contributed by atoms with van der Waals surface area (Å²) in [6.45, 7) is 7.82. The molecular weight excluding hydrogens is 359 g/mol. The third-order valence-corrected chi connectivity index (χ3v) is 4.83. The molecule has 1 fully saturated rings. The Balaban J connectivity index is 0.00000156. The number of benzene rings is 1. The van der Waals surface area contributed by atoms with Gasteiger partial charge >= 0.3 is 5.63 Å². The van der Waals surface area contributed by atoms with Crippen LogP contribution in [0.5, 0.6) is 0 Å². The van der Waals surface area contributed by atoms with Crippen LogP contribution >= 0.6 is 24.8 Å². The van der Waals surface area contributed by atoms with Gasteiger partial charge in [0.05, 0.1) is 0 Å². The molecule has 1 aromatic carbocycles. The number of fused-ring (bicyclic) bond motifs is 1. The molecule has 0 bridgehead atoms. The van der Waals surface area contributed by atoms with Crippen LogP contribution in [-0.4, -0.2) is 24.5 Å². The molecule has 1 unspecified atom stereocenters. The van der Waals surface area contributed by atoms with E-state index in [2.05, 4.69) is 24.0 Å². The van der Waals surface area contributed by atoms with E-state index in [1.54, 1.807) is 6.07 Å². The zero-order valence-electron chi connectivity index (χ0n) is 14.9. The second-order valence-electron chi connectivity index (χ2n) is 6.87. The van der Waals surface area contributed by atoms with Crippen molar-refractivity contribution in [3.8, 4) is 0 Å². The van der Waals surface area contributed by atoms with Crippen LogP contribution < -0.4 is 11.4 Å². The number of nitrogens with zero attached hydrogens (tertiary/aromatic N) is 1. The predicted octanol–water partition coefficient (Wildman–Crippen LogP) is 3.81. The van der Waals surface area contributed by atoms with Crippen LogP contribution in [0.25, 0.3) is 11.0 Å². The van der Waals surface area contributed by atoms with Gasteiger partial charge in [0.1, 0.15) is 5.58 Å². The molecule has 2 N–H and O–H groups in total. The Morgan fingerprint density at radius 2 is 2.00 bits per heavy atom. The minimum atomic E-state index is -0.255. The molecule has 25 heavy (non-hydrogen) atoms. The van der Waals surface area contributed by atoms with E-state index in [0.29, 0.717) is 5.92 Å². The van der Waals surface area contributed by atoms with Crippen molar-refractivity contribution in [3.05, 3.63) is 45.3 Å². The van der Waals surface area contributed by atoms with Crippen molar-refractivity contribution in [1.29, 1.82) is 0 Å². The van der Waals surface area contributed by atoms with Crippen molar-refractivity contribution in [2.45, 2.75) is 39.7 Å². The van der Waals surface area contributed by atoms with Gasteiger partial charge in [-0.2, -0.15) is 0 Å². The minimum Gasteiger partial charge on any atom is -0.422 e. The Hall–Kier alpha value is -1.07. The first kappa shape index (κ1) is 22.0. The predicted molar refractivity (Wildman–Crippen MR) is 108 cm³/mol. The summed E-state index contributed by atoms with van der Waals surface area (Å²) in [5.41, 5.74) is 9.49. The van der Waals surface area contributed by atoms with Crippen LogP contribution in [0.15, 0.2) is 27.4 Å². The highest BCUT2D eigenvalue weighted by Crippen LogP contribution is 2.26. The monoisotopic (exact) mass is 386 g/mol. The summed E-state index contributed by atoms with van der Waals surface area (Å²) in [6.07, 6.45) is 3.57. The summed E-state index contributed by atoms with van der Waals surface area (Å²) in [6, 6.07) is 5.85.